The zero-order valence-corrected chi connectivity index (χ0v) is 9.08. The maximum absolute atomic E-state index is 11.5. The van der Waals surface area contributed by atoms with Crippen LogP contribution >= 0.6 is 15.9 Å². The Hall–Kier alpha value is -0.970. The highest BCUT2D eigenvalue weighted by Gasteiger charge is 2.13. The van der Waals surface area contributed by atoms with E-state index in [1.54, 1.807) is 7.05 Å². The number of aromatic nitrogens is 3. The molecule has 0 aliphatic rings. The molecular weight excluding hydrogens is 234 g/mol. The number of rotatable bonds is 3. The van der Waals surface area contributed by atoms with E-state index in [2.05, 4.69) is 26.2 Å². The molecule has 0 spiro atoms. The van der Waals surface area contributed by atoms with Gasteiger partial charge >= 0.3 is 0 Å². The Balaban J connectivity index is 2.94. The highest BCUT2D eigenvalue weighted by molar-refractivity contribution is 9.10. The molecule has 4 nitrogen and oxygen atoms in total. The Morgan fingerprint density at radius 2 is 2.38 bits per heavy atom. The summed E-state index contributed by atoms with van der Waals surface area (Å²) in [6.45, 7) is 1.97. The number of halogens is 1. The van der Waals surface area contributed by atoms with Crippen LogP contribution in [0.1, 0.15) is 23.8 Å². The van der Waals surface area contributed by atoms with Crippen molar-refractivity contribution in [3.05, 3.63) is 22.4 Å². The lowest BCUT2D eigenvalue weighted by Gasteiger charge is -1.94. The van der Waals surface area contributed by atoms with Crippen molar-refractivity contribution in [3.63, 3.8) is 0 Å². The molecule has 0 unspecified atom stereocenters. The molecule has 0 aromatic carbocycles. The number of hydrogen-bond donors (Lipinski definition) is 0. The number of ketones is 1. The van der Waals surface area contributed by atoms with Gasteiger partial charge in [-0.25, -0.2) is 4.68 Å². The van der Waals surface area contributed by atoms with Gasteiger partial charge in [-0.05, 0) is 28.4 Å². The number of allylic oxidation sites excluding steroid dienone is 2. The van der Waals surface area contributed by atoms with Gasteiger partial charge in [-0.15, -0.1) is 5.10 Å². The van der Waals surface area contributed by atoms with E-state index in [4.69, 9.17) is 0 Å². The van der Waals surface area contributed by atoms with Crippen molar-refractivity contribution >= 4 is 21.7 Å². The number of carbonyl (C=O) groups excluding carboxylic acids is 1. The molecule has 0 aliphatic carbocycles. The van der Waals surface area contributed by atoms with Crippen LogP contribution in [0, 0.1) is 0 Å². The van der Waals surface area contributed by atoms with E-state index in [1.165, 1.54) is 10.8 Å². The molecule has 1 heterocycles. The Bertz CT molecular complexity index is 324. The molecule has 70 valence electrons. The van der Waals surface area contributed by atoms with Gasteiger partial charge in [0.15, 0.2) is 4.60 Å². The van der Waals surface area contributed by atoms with Gasteiger partial charge in [0.2, 0.25) is 5.78 Å². The summed E-state index contributed by atoms with van der Waals surface area (Å²) in [5, 5.41) is 7.43. The second-order valence-corrected chi connectivity index (χ2v) is 3.28. The maximum atomic E-state index is 11.5. The smallest absolute Gasteiger partial charge is 0.206 e. The molecule has 0 amide bonds. The van der Waals surface area contributed by atoms with Crippen molar-refractivity contribution < 1.29 is 4.79 Å². The summed E-state index contributed by atoms with van der Waals surface area (Å²) < 4.78 is 1.94. The highest BCUT2D eigenvalue weighted by atomic mass is 79.9. The Kier molecular flexibility index (Phi) is 3.36. The third-order valence-corrected chi connectivity index (χ3v) is 2.06. The Labute approximate surface area is 84.8 Å². The van der Waals surface area contributed by atoms with Crippen molar-refractivity contribution in [1.82, 2.24) is 15.0 Å². The van der Waals surface area contributed by atoms with Crippen molar-refractivity contribution in [2.24, 2.45) is 7.05 Å². The summed E-state index contributed by atoms with van der Waals surface area (Å²) in [5.74, 6) is -0.0822. The molecule has 0 bridgehead atoms. The van der Waals surface area contributed by atoms with Crippen LogP contribution in [0.15, 0.2) is 16.8 Å². The molecule has 0 saturated heterocycles. The van der Waals surface area contributed by atoms with Gasteiger partial charge in [-0.1, -0.05) is 18.2 Å². The van der Waals surface area contributed by atoms with E-state index in [9.17, 15) is 4.79 Å². The standard InChI is InChI=1S/C8H10BrN3O/c1-3-4-5-6(13)7-8(9)10-11-12(7)2/h4-5H,3H2,1-2H3/b5-4+. The lowest BCUT2D eigenvalue weighted by atomic mass is 10.2. The molecule has 1 aromatic rings. The van der Waals surface area contributed by atoms with E-state index in [0.29, 0.717) is 10.3 Å². The SMILES string of the molecule is CC/C=C/C(=O)c1c(Br)nnn1C. The second kappa shape index (κ2) is 4.32. The van der Waals surface area contributed by atoms with Crippen LogP contribution in [0.5, 0.6) is 0 Å². The summed E-state index contributed by atoms with van der Waals surface area (Å²) in [5.41, 5.74) is 0.477. The molecule has 0 radical (unpaired) electrons. The van der Waals surface area contributed by atoms with Crippen LogP contribution in [0.2, 0.25) is 0 Å². The van der Waals surface area contributed by atoms with Crippen molar-refractivity contribution in [2.75, 3.05) is 0 Å². The largest absolute Gasteiger partial charge is 0.287 e. The molecule has 1 rings (SSSR count). The van der Waals surface area contributed by atoms with Crippen LogP contribution in [0.4, 0.5) is 0 Å². The first kappa shape index (κ1) is 10.1. The van der Waals surface area contributed by atoms with Gasteiger partial charge in [0.05, 0.1) is 0 Å². The molecule has 13 heavy (non-hydrogen) atoms. The summed E-state index contributed by atoms with van der Waals surface area (Å²) in [6.07, 6.45) is 4.18. The molecule has 0 N–H and O–H groups in total. The van der Waals surface area contributed by atoms with Gasteiger partial charge in [-0.2, -0.15) is 0 Å². The monoisotopic (exact) mass is 243 g/mol. The van der Waals surface area contributed by atoms with Gasteiger partial charge < -0.3 is 0 Å². The topological polar surface area (TPSA) is 47.8 Å². The van der Waals surface area contributed by atoms with E-state index < -0.39 is 0 Å². The minimum atomic E-state index is -0.0822. The van der Waals surface area contributed by atoms with Crippen LogP contribution in [-0.2, 0) is 7.05 Å². The number of aryl methyl sites for hydroxylation is 1. The zero-order chi connectivity index (χ0) is 9.84. The zero-order valence-electron chi connectivity index (χ0n) is 7.49. The fourth-order valence-corrected chi connectivity index (χ4v) is 1.42. The summed E-state index contributed by atoms with van der Waals surface area (Å²) >= 11 is 3.16. The molecule has 0 atom stereocenters. The van der Waals surface area contributed by atoms with Crippen LogP contribution < -0.4 is 0 Å². The van der Waals surface area contributed by atoms with Crippen molar-refractivity contribution in [2.45, 2.75) is 13.3 Å². The third-order valence-electron chi connectivity index (χ3n) is 1.52. The Morgan fingerprint density at radius 3 is 2.85 bits per heavy atom. The lowest BCUT2D eigenvalue weighted by molar-refractivity contribution is 0.103. The average Bonchev–Trinajstić information content (AvgIpc) is 2.42. The summed E-state index contributed by atoms with van der Waals surface area (Å²) in [6, 6.07) is 0. The van der Waals surface area contributed by atoms with E-state index in [-0.39, 0.29) is 5.78 Å². The molecule has 0 aliphatic heterocycles. The maximum Gasteiger partial charge on any atom is 0.206 e. The van der Waals surface area contributed by atoms with Gasteiger partial charge in [0, 0.05) is 7.05 Å². The first-order chi connectivity index (χ1) is 6.16. The van der Waals surface area contributed by atoms with Crippen LogP contribution in [0.25, 0.3) is 0 Å². The summed E-state index contributed by atoms with van der Waals surface area (Å²) in [7, 11) is 1.69. The fraction of sp³-hybridized carbons (Fsp3) is 0.375. The van der Waals surface area contributed by atoms with Gasteiger partial charge in [-0.3, -0.25) is 4.79 Å². The summed E-state index contributed by atoms with van der Waals surface area (Å²) in [4.78, 5) is 11.5. The highest BCUT2D eigenvalue weighted by Crippen LogP contribution is 2.12. The first-order valence-electron chi connectivity index (χ1n) is 3.92. The predicted octanol–water partition coefficient (Wildman–Crippen LogP) is 1.73. The minimum Gasteiger partial charge on any atom is -0.287 e. The predicted molar refractivity (Wildman–Crippen MR) is 52.5 cm³/mol. The second-order valence-electron chi connectivity index (χ2n) is 2.53. The molecular formula is C8H10BrN3O. The quantitative estimate of drug-likeness (QED) is 0.600. The fourth-order valence-electron chi connectivity index (χ4n) is 0.897. The van der Waals surface area contributed by atoms with Gasteiger partial charge in [0.1, 0.15) is 5.69 Å². The molecule has 0 saturated carbocycles. The third kappa shape index (κ3) is 2.24. The molecule has 1 aromatic heterocycles. The van der Waals surface area contributed by atoms with Gasteiger partial charge in [0.25, 0.3) is 0 Å². The van der Waals surface area contributed by atoms with Crippen LogP contribution in [0.3, 0.4) is 0 Å². The lowest BCUT2D eigenvalue weighted by Crippen LogP contribution is -2.04. The first-order valence-corrected chi connectivity index (χ1v) is 4.72. The normalized spacial score (nSPS) is 11.0. The van der Waals surface area contributed by atoms with Crippen molar-refractivity contribution in [3.8, 4) is 0 Å². The van der Waals surface area contributed by atoms with E-state index >= 15 is 0 Å². The molecule has 5 heteroatoms. The Morgan fingerprint density at radius 1 is 1.69 bits per heavy atom. The van der Waals surface area contributed by atoms with E-state index in [1.807, 2.05) is 13.0 Å². The number of carbonyl (C=O) groups is 1. The number of hydrogen-bond acceptors (Lipinski definition) is 3. The minimum absolute atomic E-state index is 0.0822. The molecule has 0 fully saturated rings. The van der Waals surface area contributed by atoms with E-state index in [0.717, 1.165) is 6.42 Å². The van der Waals surface area contributed by atoms with Crippen molar-refractivity contribution in [1.29, 1.82) is 0 Å². The van der Waals surface area contributed by atoms with Crippen LogP contribution in [-0.4, -0.2) is 20.8 Å². The average molecular weight is 244 g/mol. The number of nitrogens with zero attached hydrogens (tertiary/aromatic N) is 3.